The van der Waals surface area contributed by atoms with Gasteiger partial charge in [0.1, 0.15) is 0 Å². The molecule has 1 aliphatic carbocycles. The van der Waals surface area contributed by atoms with E-state index in [1.807, 2.05) is 30.3 Å². The highest BCUT2D eigenvalue weighted by molar-refractivity contribution is 5.68. The lowest BCUT2D eigenvalue weighted by molar-refractivity contribution is 0.396. The van der Waals surface area contributed by atoms with Crippen molar-refractivity contribution in [3.8, 4) is 17.0 Å². The summed E-state index contributed by atoms with van der Waals surface area (Å²) in [6.07, 6.45) is 10.2. The van der Waals surface area contributed by atoms with Gasteiger partial charge >= 0.3 is 0 Å². The molecule has 1 heterocycles. The highest BCUT2D eigenvalue weighted by Crippen LogP contribution is 2.30. The average molecular weight is 325 g/mol. The Balaban J connectivity index is 1.59. The Labute approximate surface area is 144 Å². The largest absolute Gasteiger partial charge is 0.494 e. The van der Waals surface area contributed by atoms with Gasteiger partial charge in [-0.15, -0.1) is 0 Å². The minimum absolute atomic E-state index is 0.0875. The number of rotatable bonds is 7. The quantitative estimate of drug-likeness (QED) is 0.730. The summed E-state index contributed by atoms with van der Waals surface area (Å²) in [4.78, 5) is 12.1. The Morgan fingerprint density at radius 2 is 1.71 bits per heavy atom. The van der Waals surface area contributed by atoms with Crippen LogP contribution in [0.15, 0.2) is 47.3 Å². The van der Waals surface area contributed by atoms with Gasteiger partial charge in [-0.05, 0) is 24.0 Å². The van der Waals surface area contributed by atoms with E-state index in [-0.39, 0.29) is 11.4 Å². The molecule has 0 atom stereocenters. The van der Waals surface area contributed by atoms with E-state index in [1.165, 1.54) is 43.1 Å². The van der Waals surface area contributed by atoms with Gasteiger partial charge in [-0.1, -0.05) is 75.3 Å². The normalized spacial score (nSPS) is 15.0. The third kappa shape index (κ3) is 4.08. The number of aromatic hydroxyl groups is 1. The smallest absolute Gasteiger partial charge is 0.253 e. The van der Waals surface area contributed by atoms with E-state index in [9.17, 15) is 9.90 Å². The van der Waals surface area contributed by atoms with Crippen LogP contribution in [0.25, 0.3) is 11.1 Å². The zero-order valence-electron chi connectivity index (χ0n) is 14.3. The number of nitrogens with zero attached hydrogens (tertiary/aromatic N) is 1. The predicted molar refractivity (Wildman–Crippen MR) is 98.2 cm³/mol. The maximum Gasteiger partial charge on any atom is 0.253 e. The Hall–Kier alpha value is -2.03. The van der Waals surface area contributed by atoms with E-state index in [4.69, 9.17) is 0 Å². The summed E-state index contributed by atoms with van der Waals surface area (Å²) in [6.45, 7) is 0.593. The Morgan fingerprint density at radius 3 is 2.46 bits per heavy atom. The van der Waals surface area contributed by atoms with Crippen LogP contribution < -0.4 is 5.56 Å². The molecule has 0 aliphatic heterocycles. The number of hydrogen-bond donors (Lipinski definition) is 1. The fourth-order valence-corrected chi connectivity index (χ4v) is 3.81. The van der Waals surface area contributed by atoms with Crippen molar-refractivity contribution >= 4 is 0 Å². The summed E-state index contributed by atoms with van der Waals surface area (Å²) in [5.41, 5.74) is 1.54. The van der Waals surface area contributed by atoms with Crippen LogP contribution >= 0.6 is 0 Å². The predicted octanol–water partition coefficient (Wildman–Crippen LogP) is 4.97. The van der Waals surface area contributed by atoms with Crippen molar-refractivity contribution in [2.24, 2.45) is 5.92 Å². The summed E-state index contributed by atoms with van der Waals surface area (Å²) in [6, 6.07) is 13.0. The van der Waals surface area contributed by atoms with Crippen molar-refractivity contribution in [3.63, 3.8) is 0 Å². The van der Waals surface area contributed by atoms with Crippen molar-refractivity contribution in [1.82, 2.24) is 4.57 Å². The van der Waals surface area contributed by atoms with Crippen LogP contribution in [0.3, 0.4) is 0 Å². The summed E-state index contributed by atoms with van der Waals surface area (Å²) in [5.74, 6) is 1.02. The molecule has 1 saturated carbocycles. The summed E-state index contributed by atoms with van der Waals surface area (Å²) < 4.78 is 1.51. The second-order valence-electron chi connectivity index (χ2n) is 6.93. The number of benzene rings is 1. The molecule has 1 aromatic carbocycles. The topological polar surface area (TPSA) is 42.2 Å². The molecule has 1 aromatic heterocycles. The third-order valence-electron chi connectivity index (χ3n) is 5.21. The Morgan fingerprint density at radius 1 is 0.958 bits per heavy atom. The first-order valence-electron chi connectivity index (χ1n) is 9.24. The van der Waals surface area contributed by atoms with Gasteiger partial charge < -0.3 is 5.11 Å². The number of aromatic nitrogens is 1. The van der Waals surface area contributed by atoms with Crippen molar-refractivity contribution in [3.05, 3.63) is 52.8 Å². The monoisotopic (exact) mass is 325 g/mol. The van der Waals surface area contributed by atoms with E-state index >= 15 is 0 Å². The van der Waals surface area contributed by atoms with Crippen molar-refractivity contribution in [1.29, 1.82) is 0 Å². The van der Waals surface area contributed by atoms with Crippen LogP contribution in [0.5, 0.6) is 5.88 Å². The van der Waals surface area contributed by atoms with Gasteiger partial charge in [0.25, 0.3) is 5.56 Å². The van der Waals surface area contributed by atoms with Gasteiger partial charge in [0, 0.05) is 18.2 Å². The standard InChI is InChI=1S/C21H27NO2/c23-20-15-14-19(18-12-4-1-5-13-18)21(24)22(20)16-8-2-3-9-17-10-6-7-11-17/h1,4-5,12-15,17,24H,2-3,6-11,16H2. The molecule has 1 aliphatic rings. The maximum atomic E-state index is 12.1. The third-order valence-corrected chi connectivity index (χ3v) is 5.21. The molecule has 1 fully saturated rings. The molecular formula is C21H27NO2. The lowest BCUT2D eigenvalue weighted by atomic mass is 10.00. The molecule has 0 amide bonds. The Bertz CT molecular complexity index is 700. The highest BCUT2D eigenvalue weighted by atomic mass is 16.3. The molecule has 128 valence electrons. The first-order chi connectivity index (χ1) is 11.8. The molecule has 0 bridgehead atoms. The second kappa shape index (κ2) is 8.18. The number of hydrogen-bond acceptors (Lipinski definition) is 2. The molecule has 0 unspecified atom stereocenters. The first-order valence-corrected chi connectivity index (χ1v) is 9.24. The van der Waals surface area contributed by atoms with Crippen LogP contribution in [0, 0.1) is 5.92 Å². The summed E-state index contributed by atoms with van der Waals surface area (Å²) >= 11 is 0. The minimum Gasteiger partial charge on any atom is -0.494 e. The fraction of sp³-hybridized carbons (Fsp3) is 0.476. The maximum absolute atomic E-state index is 12.1. The number of pyridine rings is 1. The van der Waals surface area contributed by atoms with Gasteiger partial charge in [0.2, 0.25) is 5.88 Å². The molecule has 0 spiro atoms. The van der Waals surface area contributed by atoms with Gasteiger partial charge in [-0.2, -0.15) is 0 Å². The van der Waals surface area contributed by atoms with E-state index < -0.39 is 0 Å². The molecule has 3 rings (SSSR count). The molecule has 2 aromatic rings. The molecular weight excluding hydrogens is 298 g/mol. The molecule has 1 N–H and O–H groups in total. The zero-order chi connectivity index (χ0) is 16.8. The van der Waals surface area contributed by atoms with Gasteiger partial charge in [0.15, 0.2) is 0 Å². The molecule has 24 heavy (non-hydrogen) atoms. The van der Waals surface area contributed by atoms with Crippen LogP contribution in [0.1, 0.15) is 51.4 Å². The highest BCUT2D eigenvalue weighted by Gasteiger charge is 2.14. The summed E-state index contributed by atoms with van der Waals surface area (Å²) in [5, 5.41) is 10.5. The minimum atomic E-state index is -0.122. The van der Waals surface area contributed by atoms with Crippen LogP contribution in [-0.2, 0) is 6.54 Å². The SMILES string of the molecule is O=c1ccc(-c2ccccc2)c(O)n1CCCCCC1CCCC1. The van der Waals surface area contributed by atoms with Crippen LogP contribution in [0.2, 0.25) is 0 Å². The van der Waals surface area contributed by atoms with Crippen molar-refractivity contribution in [2.45, 2.75) is 57.9 Å². The van der Waals surface area contributed by atoms with E-state index in [0.29, 0.717) is 6.54 Å². The van der Waals surface area contributed by atoms with Crippen LogP contribution in [-0.4, -0.2) is 9.67 Å². The molecule has 0 radical (unpaired) electrons. The van der Waals surface area contributed by atoms with E-state index in [2.05, 4.69) is 0 Å². The molecule has 3 heteroatoms. The van der Waals surface area contributed by atoms with Gasteiger partial charge in [-0.3, -0.25) is 9.36 Å². The Kier molecular flexibility index (Phi) is 5.73. The molecule has 0 saturated heterocycles. The van der Waals surface area contributed by atoms with Crippen molar-refractivity contribution < 1.29 is 5.11 Å². The fourth-order valence-electron chi connectivity index (χ4n) is 3.81. The van der Waals surface area contributed by atoms with E-state index in [1.54, 1.807) is 12.1 Å². The van der Waals surface area contributed by atoms with Crippen LogP contribution in [0.4, 0.5) is 0 Å². The van der Waals surface area contributed by atoms with Crippen molar-refractivity contribution in [2.75, 3.05) is 0 Å². The van der Waals surface area contributed by atoms with Gasteiger partial charge in [0.05, 0.1) is 0 Å². The zero-order valence-corrected chi connectivity index (χ0v) is 14.3. The lowest BCUT2D eigenvalue weighted by Crippen LogP contribution is -2.19. The number of unbranched alkanes of at least 4 members (excludes halogenated alkanes) is 2. The summed E-state index contributed by atoms with van der Waals surface area (Å²) in [7, 11) is 0. The average Bonchev–Trinajstić information content (AvgIpc) is 3.11. The second-order valence-corrected chi connectivity index (χ2v) is 6.93. The van der Waals surface area contributed by atoms with Gasteiger partial charge in [-0.25, -0.2) is 0 Å². The first kappa shape index (κ1) is 16.8. The lowest BCUT2D eigenvalue weighted by Gasteiger charge is -2.13. The van der Waals surface area contributed by atoms with E-state index in [0.717, 1.165) is 29.9 Å². The molecule has 3 nitrogen and oxygen atoms in total.